The molecule has 4 nitrogen and oxygen atoms in total. The molecule has 1 aliphatic carbocycles. The number of nitrogens with one attached hydrogen (secondary N) is 2. The van der Waals surface area contributed by atoms with Crippen LogP contribution in [0.2, 0.25) is 0 Å². The van der Waals surface area contributed by atoms with E-state index >= 15 is 0 Å². The van der Waals surface area contributed by atoms with Crippen LogP contribution in [0.15, 0.2) is 0 Å². The summed E-state index contributed by atoms with van der Waals surface area (Å²) < 4.78 is 5.02. The van der Waals surface area contributed by atoms with Crippen LogP contribution in [-0.2, 0) is 9.53 Å². The van der Waals surface area contributed by atoms with Gasteiger partial charge in [-0.3, -0.25) is 10.9 Å². The van der Waals surface area contributed by atoms with Crippen molar-refractivity contribution in [3.63, 3.8) is 0 Å². The number of hydrogen-bond donors (Lipinski definition) is 2. The zero-order valence-electron chi connectivity index (χ0n) is 10.8. The lowest BCUT2D eigenvalue weighted by Crippen LogP contribution is -2.46. The maximum Gasteiger partial charge on any atom is 0.418 e. The Balaban J connectivity index is 1.80. The number of rotatable bonds is 4. The summed E-state index contributed by atoms with van der Waals surface area (Å²) in [6, 6.07) is 0. The van der Waals surface area contributed by atoms with Gasteiger partial charge in [0.1, 0.15) is 5.60 Å². The summed E-state index contributed by atoms with van der Waals surface area (Å²) in [5, 5.41) is 0. The highest BCUT2D eigenvalue weighted by atomic mass is 16.5. The van der Waals surface area contributed by atoms with Crippen molar-refractivity contribution < 1.29 is 9.53 Å². The molecule has 0 bridgehead atoms. The average molecular weight is 239 g/mol. The van der Waals surface area contributed by atoms with Crippen molar-refractivity contribution in [2.24, 2.45) is 5.92 Å². The van der Waals surface area contributed by atoms with E-state index in [1.54, 1.807) is 6.47 Å². The molecule has 17 heavy (non-hydrogen) atoms. The lowest BCUT2D eigenvalue weighted by molar-refractivity contribution is 0.0475. The van der Waals surface area contributed by atoms with Crippen molar-refractivity contribution in [3.8, 4) is 0 Å². The summed E-state index contributed by atoms with van der Waals surface area (Å²) in [5.41, 5.74) is 6.66. The van der Waals surface area contributed by atoms with E-state index in [4.69, 9.17) is 4.74 Å². The van der Waals surface area contributed by atoms with Crippen LogP contribution in [0, 0.1) is 5.92 Å². The minimum atomic E-state index is -0.363. The summed E-state index contributed by atoms with van der Waals surface area (Å²) in [4.78, 5) is 10.3. The first kappa shape index (κ1) is 12.8. The highest BCUT2D eigenvalue weighted by Gasteiger charge is 2.38. The smallest absolute Gasteiger partial charge is 0.418 e. The molecule has 2 fully saturated rings. The van der Waals surface area contributed by atoms with Gasteiger partial charge >= 0.3 is 6.47 Å². The predicted molar refractivity (Wildman–Crippen MR) is 65.9 cm³/mol. The second kappa shape index (κ2) is 4.94. The van der Waals surface area contributed by atoms with Crippen LogP contribution in [0.3, 0.4) is 0 Å². The van der Waals surface area contributed by atoms with E-state index in [0.717, 1.165) is 13.0 Å². The van der Waals surface area contributed by atoms with Gasteiger partial charge in [0.25, 0.3) is 0 Å². The quantitative estimate of drug-likeness (QED) is 0.783. The Bertz CT molecular complexity index is 263. The third kappa shape index (κ3) is 3.19. The van der Waals surface area contributed by atoms with Crippen molar-refractivity contribution >= 4 is 6.47 Å². The van der Waals surface area contributed by atoms with Crippen molar-refractivity contribution in [2.75, 3.05) is 6.54 Å². The van der Waals surface area contributed by atoms with Crippen LogP contribution in [-0.4, -0.2) is 24.2 Å². The highest BCUT2D eigenvalue weighted by molar-refractivity contribution is 5.39. The topological polar surface area (TPSA) is 50.4 Å². The molecule has 2 aliphatic rings. The van der Waals surface area contributed by atoms with Gasteiger partial charge in [0, 0.05) is 12.1 Å². The van der Waals surface area contributed by atoms with Gasteiger partial charge in [0.15, 0.2) is 0 Å². The van der Waals surface area contributed by atoms with E-state index in [1.807, 2.05) is 13.8 Å². The lowest BCUT2D eigenvalue weighted by atomic mass is 9.73. The van der Waals surface area contributed by atoms with Gasteiger partial charge in [-0.2, -0.15) is 0 Å². The fourth-order valence-corrected chi connectivity index (χ4v) is 3.27. The normalized spacial score (nSPS) is 33.9. The monoisotopic (exact) mass is 239 g/mol. The van der Waals surface area contributed by atoms with Crippen LogP contribution in [0.1, 0.15) is 52.4 Å². The SMILES string of the molecule is CC(C)(CC1CCC2(CCNN2)CC1)O[C]=O. The Morgan fingerprint density at radius 2 is 2.06 bits per heavy atom. The van der Waals surface area contributed by atoms with Crippen LogP contribution in [0.5, 0.6) is 0 Å². The van der Waals surface area contributed by atoms with E-state index in [2.05, 4.69) is 10.9 Å². The van der Waals surface area contributed by atoms with E-state index < -0.39 is 0 Å². The van der Waals surface area contributed by atoms with E-state index in [9.17, 15) is 4.79 Å². The van der Waals surface area contributed by atoms with Crippen molar-refractivity contribution in [1.82, 2.24) is 10.9 Å². The van der Waals surface area contributed by atoms with Crippen LogP contribution in [0.4, 0.5) is 0 Å². The molecular weight excluding hydrogens is 216 g/mol. The first-order chi connectivity index (χ1) is 8.05. The summed E-state index contributed by atoms with van der Waals surface area (Å²) in [6.45, 7) is 6.60. The predicted octanol–water partition coefficient (Wildman–Crippen LogP) is 1.67. The first-order valence-electron chi connectivity index (χ1n) is 6.60. The van der Waals surface area contributed by atoms with E-state index in [-0.39, 0.29) is 5.60 Å². The molecule has 2 rings (SSSR count). The maximum atomic E-state index is 10.3. The Kier molecular flexibility index (Phi) is 3.73. The summed E-state index contributed by atoms with van der Waals surface area (Å²) in [6.07, 6.45) is 7.09. The molecule has 0 aromatic heterocycles. The number of hydrogen-bond acceptors (Lipinski definition) is 4. The van der Waals surface area contributed by atoms with E-state index in [1.165, 1.54) is 32.1 Å². The van der Waals surface area contributed by atoms with Gasteiger partial charge in [-0.1, -0.05) is 0 Å². The Hall–Kier alpha value is -0.610. The third-order valence-electron chi connectivity index (χ3n) is 4.24. The summed E-state index contributed by atoms with van der Waals surface area (Å²) in [7, 11) is 0. The Morgan fingerprint density at radius 1 is 1.35 bits per heavy atom. The maximum absolute atomic E-state index is 10.3. The Labute approximate surface area is 103 Å². The number of hydrazine groups is 1. The fraction of sp³-hybridized carbons (Fsp3) is 0.923. The van der Waals surface area contributed by atoms with Crippen LogP contribution < -0.4 is 10.9 Å². The minimum Gasteiger partial charge on any atom is -0.451 e. The molecule has 1 saturated carbocycles. The summed E-state index contributed by atoms with van der Waals surface area (Å²) in [5.74, 6) is 0.673. The second-order valence-electron chi connectivity index (χ2n) is 6.17. The molecule has 1 radical (unpaired) electrons. The van der Waals surface area contributed by atoms with Crippen LogP contribution in [0.25, 0.3) is 0 Å². The summed E-state index contributed by atoms with van der Waals surface area (Å²) >= 11 is 0. The molecular formula is C13H23N2O2. The van der Waals surface area contributed by atoms with Crippen molar-refractivity contribution in [1.29, 1.82) is 0 Å². The second-order valence-corrected chi connectivity index (χ2v) is 6.17. The zero-order valence-corrected chi connectivity index (χ0v) is 10.8. The average Bonchev–Trinajstić information content (AvgIpc) is 2.70. The van der Waals surface area contributed by atoms with Gasteiger partial charge in [0.05, 0.1) is 0 Å². The van der Waals surface area contributed by atoms with Crippen LogP contribution >= 0.6 is 0 Å². The molecule has 1 saturated heterocycles. The fourth-order valence-electron chi connectivity index (χ4n) is 3.27. The molecule has 0 aromatic carbocycles. The lowest BCUT2D eigenvalue weighted by Gasteiger charge is -2.38. The van der Waals surface area contributed by atoms with Gasteiger partial charge < -0.3 is 4.74 Å². The third-order valence-corrected chi connectivity index (χ3v) is 4.24. The standard InChI is InChI=1S/C13H23N2O2/c1-12(2,17-10-16)9-11-3-5-13(6-4-11)7-8-14-15-13/h11,14-15H,3-9H2,1-2H3. The molecule has 0 unspecified atom stereocenters. The molecule has 1 heterocycles. The molecule has 4 heteroatoms. The highest BCUT2D eigenvalue weighted by Crippen LogP contribution is 2.39. The minimum absolute atomic E-state index is 0.346. The Morgan fingerprint density at radius 3 is 2.59 bits per heavy atom. The van der Waals surface area contributed by atoms with Gasteiger partial charge in [-0.15, -0.1) is 0 Å². The zero-order chi connectivity index (χ0) is 12.4. The molecule has 2 N–H and O–H groups in total. The van der Waals surface area contributed by atoms with Crippen molar-refractivity contribution in [3.05, 3.63) is 0 Å². The van der Waals surface area contributed by atoms with Gasteiger partial charge in [-0.05, 0) is 58.3 Å². The number of ether oxygens (including phenoxy) is 1. The number of carbonyl (C=O) groups excluding carboxylic acids is 1. The molecule has 0 atom stereocenters. The first-order valence-corrected chi connectivity index (χ1v) is 6.60. The van der Waals surface area contributed by atoms with E-state index in [0.29, 0.717) is 11.5 Å². The molecule has 1 spiro atoms. The van der Waals surface area contributed by atoms with Crippen molar-refractivity contribution in [2.45, 2.75) is 63.5 Å². The largest absolute Gasteiger partial charge is 0.451 e. The molecule has 0 amide bonds. The molecule has 0 aromatic rings. The van der Waals surface area contributed by atoms with Gasteiger partial charge in [0.2, 0.25) is 0 Å². The molecule has 1 aliphatic heterocycles. The van der Waals surface area contributed by atoms with Gasteiger partial charge in [-0.25, -0.2) is 4.79 Å². The molecule has 97 valence electrons.